The van der Waals surface area contributed by atoms with Crippen molar-refractivity contribution in [1.82, 2.24) is 9.97 Å². The average Bonchev–Trinajstić information content (AvgIpc) is 2.95. The molecule has 0 aliphatic carbocycles. The van der Waals surface area contributed by atoms with Gasteiger partial charge in [-0.1, -0.05) is 36.4 Å². The molecule has 0 unspecified atom stereocenters. The summed E-state index contributed by atoms with van der Waals surface area (Å²) in [5.41, 5.74) is 6.73. The van der Waals surface area contributed by atoms with E-state index in [2.05, 4.69) is 87.9 Å². The maximum Gasteiger partial charge on any atom is 0.495 e. The molecule has 0 saturated carbocycles. The SMILES string of the molecule is COc1cncc(-c2cccc(-c3cccc(B4OC(C)(C)C(C)(C)O4)c3C)c2C)n1. The lowest BCUT2D eigenvalue weighted by atomic mass is 9.74. The molecule has 1 saturated heterocycles. The Balaban J connectivity index is 1.77. The number of rotatable bonds is 4. The molecular formula is C25H29BN2O3. The van der Waals surface area contributed by atoms with Crippen LogP contribution in [-0.4, -0.2) is 35.4 Å². The van der Waals surface area contributed by atoms with Gasteiger partial charge in [0, 0.05) is 5.56 Å². The third-order valence-electron chi connectivity index (χ3n) is 6.60. The molecule has 2 heterocycles. The van der Waals surface area contributed by atoms with Crippen molar-refractivity contribution in [3.63, 3.8) is 0 Å². The number of ether oxygens (including phenoxy) is 1. The van der Waals surface area contributed by atoms with Crippen LogP contribution in [0.1, 0.15) is 38.8 Å². The summed E-state index contributed by atoms with van der Waals surface area (Å²) in [5.74, 6) is 0.501. The van der Waals surface area contributed by atoms with Gasteiger partial charge in [-0.2, -0.15) is 0 Å². The molecule has 0 amide bonds. The summed E-state index contributed by atoms with van der Waals surface area (Å²) in [6.45, 7) is 12.6. The highest BCUT2D eigenvalue weighted by Gasteiger charge is 2.52. The van der Waals surface area contributed by atoms with Gasteiger partial charge < -0.3 is 14.0 Å². The van der Waals surface area contributed by atoms with Gasteiger partial charge >= 0.3 is 7.12 Å². The topological polar surface area (TPSA) is 53.5 Å². The molecule has 3 aromatic rings. The molecule has 1 fully saturated rings. The lowest BCUT2D eigenvalue weighted by Gasteiger charge is -2.32. The number of hydrogen-bond donors (Lipinski definition) is 0. The Morgan fingerprint density at radius 1 is 0.806 bits per heavy atom. The molecule has 0 atom stereocenters. The second-order valence-electron chi connectivity index (χ2n) is 9.03. The number of methoxy groups -OCH3 is 1. The maximum atomic E-state index is 6.32. The van der Waals surface area contributed by atoms with E-state index in [1.54, 1.807) is 19.5 Å². The molecular weight excluding hydrogens is 387 g/mol. The van der Waals surface area contributed by atoms with Gasteiger partial charge in [0.1, 0.15) is 0 Å². The molecule has 1 aliphatic rings. The van der Waals surface area contributed by atoms with Gasteiger partial charge in [-0.3, -0.25) is 4.98 Å². The summed E-state index contributed by atoms with van der Waals surface area (Å²) in [5, 5.41) is 0. The van der Waals surface area contributed by atoms with E-state index in [1.807, 2.05) is 0 Å². The Morgan fingerprint density at radius 2 is 1.39 bits per heavy atom. The van der Waals surface area contributed by atoms with E-state index in [4.69, 9.17) is 14.0 Å². The molecule has 0 spiro atoms. The zero-order chi connectivity index (χ0) is 22.4. The summed E-state index contributed by atoms with van der Waals surface area (Å²) < 4.78 is 17.9. The van der Waals surface area contributed by atoms with Crippen LogP contribution in [0.2, 0.25) is 0 Å². The zero-order valence-electron chi connectivity index (χ0n) is 19.3. The highest BCUT2D eigenvalue weighted by Crippen LogP contribution is 2.38. The molecule has 160 valence electrons. The van der Waals surface area contributed by atoms with Crippen molar-refractivity contribution in [2.75, 3.05) is 7.11 Å². The predicted octanol–water partition coefficient (Wildman–Crippen LogP) is 4.74. The van der Waals surface area contributed by atoms with E-state index >= 15 is 0 Å². The maximum absolute atomic E-state index is 6.32. The van der Waals surface area contributed by atoms with E-state index in [0.29, 0.717) is 5.88 Å². The van der Waals surface area contributed by atoms with Crippen LogP contribution < -0.4 is 10.2 Å². The molecule has 1 aliphatic heterocycles. The van der Waals surface area contributed by atoms with Crippen LogP contribution in [0.15, 0.2) is 48.8 Å². The van der Waals surface area contributed by atoms with Gasteiger partial charge in [-0.15, -0.1) is 0 Å². The number of nitrogens with zero attached hydrogens (tertiary/aromatic N) is 2. The van der Waals surface area contributed by atoms with Gasteiger partial charge in [0.2, 0.25) is 5.88 Å². The lowest BCUT2D eigenvalue weighted by Crippen LogP contribution is -2.41. The Hall–Kier alpha value is -2.70. The molecule has 4 rings (SSSR count). The van der Waals surface area contributed by atoms with Gasteiger partial charge in [0.05, 0.1) is 36.4 Å². The standard InChI is InChI=1S/C25H29BN2O3/c1-16-18(10-8-12-20(16)22-14-27-15-23(28-22)29-7)19-11-9-13-21(17(19)2)26-30-24(3,4)25(5,6)31-26/h8-15H,1-7H3. The van der Waals surface area contributed by atoms with E-state index in [-0.39, 0.29) is 11.2 Å². The molecule has 0 radical (unpaired) electrons. The Bertz CT molecular complexity index is 1110. The fourth-order valence-electron chi connectivity index (χ4n) is 3.95. The van der Waals surface area contributed by atoms with Gasteiger partial charge in [-0.05, 0) is 69.3 Å². The first kappa shape index (κ1) is 21.5. The van der Waals surface area contributed by atoms with Crippen molar-refractivity contribution in [3.8, 4) is 28.3 Å². The van der Waals surface area contributed by atoms with Gasteiger partial charge in [-0.25, -0.2) is 4.98 Å². The molecule has 31 heavy (non-hydrogen) atoms. The van der Waals surface area contributed by atoms with Crippen molar-refractivity contribution in [1.29, 1.82) is 0 Å². The van der Waals surface area contributed by atoms with Gasteiger partial charge in [0.25, 0.3) is 0 Å². The summed E-state index contributed by atoms with van der Waals surface area (Å²) in [6.07, 6.45) is 3.38. The fourth-order valence-corrected chi connectivity index (χ4v) is 3.95. The van der Waals surface area contributed by atoms with Crippen LogP contribution >= 0.6 is 0 Å². The van der Waals surface area contributed by atoms with E-state index < -0.39 is 7.12 Å². The molecule has 1 aromatic heterocycles. The minimum atomic E-state index is -0.391. The Kier molecular flexibility index (Phi) is 5.40. The number of benzene rings is 2. The van der Waals surface area contributed by atoms with Gasteiger partial charge in [0.15, 0.2) is 0 Å². The Labute approximate surface area is 184 Å². The van der Waals surface area contributed by atoms with Crippen molar-refractivity contribution in [3.05, 3.63) is 59.9 Å². The first-order valence-electron chi connectivity index (χ1n) is 10.6. The smallest absolute Gasteiger partial charge is 0.480 e. The summed E-state index contributed by atoms with van der Waals surface area (Å²) in [4.78, 5) is 8.83. The van der Waals surface area contributed by atoms with Crippen molar-refractivity contribution in [2.45, 2.75) is 52.7 Å². The first-order valence-corrected chi connectivity index (χ1v) is 10.6. The monoisotopic (exact) mass is 416 g/mol. The second-order valence-corrected chi connectivity index (χ2v) is 9.03. The second kappa shape index (κ2) is 7.77. The minimum absolute atomic E-state index is 0.374. The molecule has 0 N–H and O–H groups in total. The largest absolute Gasteiger partial charge is 0.495 e. The van der Waals surface area contributed by atoms with Crippen LogP contribution in [0.25, 0.3) is 22.4 Å². The summed E-state index contributed by atoms with van der Waals surface area (Å²) >= 11 is 0. The first-order chi connectivity index (χ1) is 14.6. The van der Waals surface area contributed by atoms with Crippen LogP contribution in [0.3, 0.4) is 0 Å². The van der Waals surface area contributed by atoms with Crippen LogP contribution in [0.5, 0.6) is 5.88 Å². The highest BCUT2D eigenvalue weighted by atomic mass is 16.7. The average molecular weight is 416 g/mol. The number of hydrogen-bond acceptors (Lipinski definition) is 5. The van der Waals surface area contributed by atoms with E-state index in [9.17, 15) is 0 Å². The van der Waals surface area contributed by atoms with E-state index in [1.165, 1.54) is 0 Å². The van der Waals surface area contributed by atoms with Crippen molar-refractivity contribution < 1.29 is 14.0 Å². The quantitative estimate of drug-likeness (QED) is 0.576. The van der Waals surface area contributed by atoms with Crippen LogP contribution in [-0.2, 0) is 9.31 Å². The normalized spacial score (nSPS) is 17.1. The minimum Gasteiger partial charge on any atom is -0.480 e. The number of aromatic nitrogens is 2. The van der Waals surface area contributed by atoms with Crippen LogP contribution in [0.4, 0.5) is 0 Å². The Morgan fingerprint density at radius 3 is 2.03 bits per heavy atom. The third-order valence-corrected chi connectivity index (χ3v) is 6.60. The third kappa shape index (κ3) is 3.75. The van der Waals surface area contributed by atoms with E-state index in [0.717, 1.165) is 39.0 Å². The molecule has 2 aromatic carbocycles. The van der Waals surface area contributed by atoms with Crippen molar-refractivity contribution >= 4 is 12.6 Å². The van der Waals surface area contributed by atoms with Crippen molar-refractivity contribution in [2.24, 2.45) is 0 Å². The lowest BCUT2D eigenvalue weighted by molar-refractivity contribution is 0.00578. The predicted molar refractivity (Wildman–Crippen MR) is 125 cm³/mol. The molecule has 6 heteroatoms. The summed E-state index contributed by atoms with van der Waals surface area (Å²) in [6, 6.07) is 12.6. The molecule has 0 bridgehead atoms. The summed E-state index contributed by atoms with van der Waals surface area (Å²) in [7, 11) is 1.21. The van der Waals surface area contributed by atoms with Crippen LogP contribution in [0, 0.1) is 13.8 Å². The fraction of sp³-hybridized carbons (Fsp3) is 0.360. The highest BCUT2D eigenvalue weighted by molar-refractivity contribution is 6.62. The zero-order valence-corrected chi connectivity index (χ0v) is 19.3. The molecule has 5 nitrogen and oxygen atoms in total.